The molecule has 2 aromatic rings. The molecule has 5 heteroatoms. The molecule has 1 atom stereocenters. The first-order chi connectivity index (χ1) is 9.84. The number of hydrogen-bond donors (Lipinski definition) is 1. The molecule has 0 bridgehead atoms. The molecule has 0 radical (unpaired) electrons. The molecule has 1 aliphatic carbocycles. The zero-order valence-corrected chi connectivity index (χ0v) is 14.3. The van der Waals surface area contributed by atoms with Gasteiger partial charge in [0.05, 0.1) is 17.4 Å². The third kappa shape index (κ3) is 3.19. The van der Waals surface area contributed by atoms with Crippen molar-refractivity contribution in [3.8, 4) is 0 Å². The van der Waals surface area contributed by atoms with Gasteiger partial charge in [0.15, 0.2) is 0 Å². The molecule has 21 heavy (non-hydrogen) atoms. The van der Waals surface area contributed by atoms with Crippen LogP contribution in [0.25, 0.3) is 0 Å². The first-order valence-electron chi connectivity index (χ1n) is 7.56. The molecule has 0 aliphatic heterocycles. The Morgan fingerprint density at radius 3 is 2.57 bits per heavy atom. The molecule has 2 aromatic heterocycles. The molecule has 1 saturated carbocycles. The third-order valence-corrected chi connectivity index (χ3v) is 4.79. The zero-order valence-electron chi connectivity index (χ0n) is 13.5. The maximum absolute atomic E-state index is 4.91. The fourth-order valence-corrected chi connectivity index (χ4v) is 3.57. The lowest BCUT2D eigenvalue weighted by molar-refractivity contribution is 0.556. The van der Waals surface area contributed by atoms with E-state index in [-0.39, 0.29) is 11.5 Å². The summed E-state index contributed by atoms with van der Waals surface area (Å²) in [4.78, 5) is 4.91. The van der Waals surface area contributed by atoms with Gasteiger partial charge >= 0.3 is 0 Å². The summed E-state index contributed by atoms with van der Waals surface area (Å²) >= 11 is 1.76. The van der Waals surface area contributed by atoms with E-state index in [2.05, 4.69) is 49.7 Å². The number of nitrogens with one attached hydrogen (secondary N) is 1. The van der Waals surface area contributed by atoms with Gasteiger partial charge in [0.1, 0.15) is 5.01 Å². The van der Waals surface area contributed by atoms with Crippen molar-refractivity contribution in [3.63, 3.8) is 0 Å². The van der Waals surface area contributed by atoms with Crippen molar-refractivity contribution in [3.05, 3.63) is 33.5 Å². The Hall–Kier alpha value is -1.20. The monoisotopic (exact) mass is 304 g/mol. The van der Waals surface area contributed by atoms with Crippen LogP contribution in [0.2, 0.25) is 0 Å². The van der Waals surface area contributed by atoms with Crippen molar-refractivity contribution < 1.29 is 0 Å². The van der Waals surface area contributed by atoms with E-state index < -0.39 is 0 Å². The minimum Gasteiger partial charge on any atom is -0.301 e. The second-order valence-electron chi connectivity index (χ2n) is 7.04. The maximum atomic E-state index is 4.91. The van der Waals surface area contributed by atoms with Crippen LogP contribution >= 0.6 is 11.3 Å². The molecule has 0 spiro atoms. The first kappa shape index (κ1) is 14.7. The van der Waals surface area contributed by atoms with Gasteiger partial charge in [0, 0.05) is 35.6 Å². The topological polar surface area (TPSA) is 42.7 Å². The molecule has 0 aromatic carbocycles. The fraction of sp³-hybridized carbons (Fsp3) is 0.625. The SMILES string of the molecule is Cc1nn(C)cc1C(NC1CC1)c1nc(C(C)(C)C)cs1. The molecular formula is C16H24N4S. The number of aryl methyl sites for hydroxylation is 2. The molecule has 2 heterocycles. The number of aromatic nitrogens is 3. The molecular weight excluding hydrogens is 280 g/mol. The average molecular weight is 304 g/mol. The molecule has 0 amide bonds. The van der Waals surface area contributed by atoms with Gasteiger partial charge in [-0.1, -0.05) is 20.8 Å². The minimum absolute atomic E-state index is 0.100. The lowest BCUT2D eigenvalue weighted by atomic mass is 9.93. The summed E-state index contributed by atoms with van der Waals surface area (Å²) < 4.78 is 1.89. The molecule has 114 valence electrons. The van der Waals surface area contributed by atoms with E-state index in [4.69, 9.17) is 4.98 Å². The van der Waals surface area contributed by atoms with Gasteiger partial charge in [-0.3, -0.25) is 4.68 Å². The molecule has 0 saturated heterocycles. The first-order valence-corrected chi connectivity index (χ1v) is 8.44. The van der Waals surface area contributed by atoms with E-state index in [1.807, 2.05) is 11.7 Å². The Balaban J connectivity index is 1.95. The second kappa shape index (κ2) is 5.21. The van der Waals surface area contributed by atoms with Crippen LogP contribution in [-0.4, -0.2) is 20.8 Å². The zero-order chi connectivity index (χ0) is 15.2. The standard InChI is InChI=1S/C16H24N4S/c1-10-12(8-20(5)19-10)14(17-11-6-7-11)15-18-13(9-21-15)16(2,3)4/h8-9,11,14,17H,6-7H2,1-5H3. The van der Waals surface area contributed by atoms with Gasteiger partial charge in [-0.2, -0.15) is 5.10 Å². The normalized spacial score (nSPS) is 17.2. The highest BCUT2D eigenvalue weighted by Crippen LogP contribution is 2.33. The summed E-state index contributed by atoms with van der Waals surface area (Å²) in [5.74, 6) is 0. The van der Waals surface area contributed by atoms with Crippen molar-refractivity contribution in [2.24, 2.45) is 7.05 Å². The molecule has 1 aliphatic rings. The second-order valence-corrected chi connectivity index (χ2v) is 7.93. The van der Waals surface area contributed by atoms with Crippen molar-refractivity contribution in [2.75, 3.05) is 0 Å². The highest BCUT2D eigenvalue weighted by molar-refractivity contribution is 7.09. The summed E-state index contributed by atoms with van der Waals surface area (Å²) in [5, 5.41) is 11.6. The van der Waals surface area contributed by atoms with Gasteiger partial charge in [0.2, 0.25) is 0 Å². The average Bonchev–Trinajstić information content (AvgIpc) is 2.93. The predicted octanol–water partition coefficient (Wildman–Crippen LogP) is 3.32. The lowest BCUT2D eigenvalue weighted by Gasteiger charge is -2.17. The van der Waals surface area contributed by atoms with Crippen LogP contribution < -0.4 is 5.32 Å². The van der Waals surface area contributed by atoms with Crippen LogP contribution in [0, 0.1) is 6.92 Å². The van der Waals surface area contributed by atoms with Gasteiger partial charge < -0.3 is 5.32 Å². The Morgan fingerprint density at radius 2 is 2.10 bits per heavy atom. The van der Waals surface area contributed by atoms with Crippen molar-refractivity contribution >= 4 is 11.3 Å². The van der Waals surface area contributed by atoms with Gasteiger partial charge in [0.25, 0.3) is 0 Å². The molecule has 3 rings (SSSR count). The predicted molar refractivity (Wildman–Crippen MR) is 86.8 cm³/mol. The van der Waals surface area contributed by atoms with Crippen LogP contribution in [0.15, 0.2) is 11.6 Å². The number of nitrogens with zero attached hydrogens (tertiary/aromatic N) is 3. The van der Waals surface area contributed by atoms with Crippen molar-refractivity contribution in [1.29, 1.82) is 0 Å². The number of thiazole rings is 1. The van der Waals surface area contributed by atoms with Gasteiger partial charge in [-0.25, -0.2) is 4.98 Å². The van der Waals surface area contributed by atoms with Crippen LogP contribution in [-0.2, 0) is 12.5 Å². The smallest absolute Gasteiger partial charge is 0.115 e. The van der Waals surface area contributed by atoms with Crippen molar-refractivity contribution in [2.45, 2.75) is 58.0 Å². The quantitative estimate of drug-likeness (QED) is 0.942. The van der Waals surface area contributed by atoms with Gasteiger partial charge in [-0.05, 0) is 19.8 Å². The van der Waals surface area contributed by atoms with Crippen LogP contribution in [0.1, 0.15) is 61.6 Å². The number of hydrogen-bond acceptors (Lipinski definition) is 4. The Morgan fingerprint density at radius 1 is 1.38 bits per heavy atom. The maximum Gasteiger partial charge on any atom is 0.115 e. The lowest BCUT2D eigenvalue weighted by Crippen LogP contribution is -2.25. The van der Waals surface area contributed by atoms with E-state index in [9.17, 15) is 0 Å². The van der Waals surface area contributed by atoms with E-state index in [0.717, 1.165) is 10.7 Å². The number of rotatable bonds is 4. The molecule has 1 N–H and O–H groups in total. The van der Waals surface area contributed by atoms with Crippen LogP contribution in [0.3, 0.4) is 0 Å². The van der Waals surface area contributed by atoms with E-state index in [0.29, 0.717) is 6.04 Å². The molecule has 4 nitrogen and oxygen atoms in total. The summed E-state index contributed by atoms with van der Waals surface area (Å²) in [5.41, 5.74) is 3.61. The van der Waals surface area contributed by atoms with Gasteiger partial charge in [-0.15, -0.1) is 11.3 Å². The highest BCUT2D eigenvalue weighted by Gasteiger charge is 2.30. The summed E-state index contributed by atoms with van der Waals surface area (Å²) in [6, 6.07) is 0.809. The van der Waals surface area contributed by atoms with E-state index in [1.54, 1.807) is 11.3 Å². The Kier molecular flexibility index (Phi) is 3.66. The van der Waals surface area contributed by atoms with Crippen LogP contribution in [0.5, 0.6) is 0 Å². The summed E-state index contributed by atoms with van der Waals surface area (Å²) in [7, 11) is 1.98. The summed E-state index contributed by atoms with van der Waals surface area (Å²) in [6.45, 7) is 8.72. The van der Waals surface area contributed by atoms with E-state index >= 15 is 0 Å². The third-order valence-electron chi connectivity index (χ3n) is 3.88. The van der Waals surface area contributed by atoms with Crippen LogP contribution in [0.4, 0.5) is 0 Å². The minimum atomic E-state index is 0.100. The Bertz CT molecular complexity index is 631. The van der Waals surface area contributed by atoms with E-state index in [1.165, 1.54) is 24.1 Å². The van der Waals surface area contributed by atoms with Crippen molar-refractivity contribution in [1.82, 2.24) is 20.1 Å². The molecule has 1 unspecified atom stereocenters. The Labute approximate surface area is 130 Å². The molecule has 1 fully saturated rings. The largest absolute Gasteiger partial charge is 0.301 e. The fourth-order valence-electron chi connectivity index (χ4n) is 2.45. The highest BCUT2D eigenvalue weighted by atomic mass is 32.1. The summed E-state index contributed by atoms with van der Waals surface area (Å²) in [6.07, 6.45) is 4.66.